The van der Waals surface area contributed by atoms with Crippen LogP contribution in [0.3, 0.4) is 0 Å². The highest BCUT2D eigenvalue weighted by molar-refractivity contribution is 7.92. The smallest absolute Gasteiger partial charge is 0.229 e. The molecule has 19 heavy (non-hydrogen) atoms. The average Bonchev–Trinajstić information content (AvgIpc) is 2.38. The highest BCUT2D eigenvalue weighted by Gasteiger charge is 2.04. The molecule has 0 unspecified atom stereocenters. The van der Waals surface area contributed by atoms with Crippen LogP contribution < -0.4 is 4.72 Å². The summed E-state index contributed by atoms with van der Waals surface area (Å²) >= 11 is 0. The lowest BCUT2D eigenvalue weighted by molar-refractivity contribution is 0.607. The zero-order valence-electron chi connectivity index (χ0n) is 10.0. The summed E-state index contributed by atoms with van der Waals surface area (Å²) in [5, 5.41) is 16.3. The summed E-state index contributed by atoms with van der Waals surface area (Å²) in [6.45, 7) is 0. The van der Waals surface area contributed by atoms with E-state index in [1.165, 1.54) is 0 Å². The van der Waals surface area contributed by atoms with Crippen molar-refractivity contribution in [3.63, 3.8) is 0 Å². The Balaban J connectivity index is 2.25. The summed E-state index contributed by atoms with van der Waals surface area (Å²) in [5.41, 5.74) is 2.13. The Morgan fingerprint density at radius 1 is 1.11 bits per heavy atom. The van der Waals surface area contributed by atoms with Gasteiger partial charge < -0.3 is 0 Å². The third-order valence-electron chi connectivity index (χ3n) is 2.26. The first-order valence-corrected chi connectivity index (χ1v) is 7.19. The van der Waals surface area contributed by atoms with Gasteiger partial charge in [0.2, 0.25) is 10.0 Å². The van der Waals surface area contributed by atoms with Crippen molar-refractivity contribution in [3.8, 4) is 17.3 Å². The van der Waals surface area contributed by atoms with Crippen molar-refractivity contribution in [1.29, 1.82) is 5.26 Å². The summed E-state index contributed by atoms with van der Waals surface area (Å²) in [6, 6.07) is 11.9. The minimum absolute atomic E-state index is 0.249. The van der Waals surface area contributed by atoms with E-state index in [9.17, 15) is 8.42 Å². The van der Waals surface area contributed by atoms with Gasteiger partial charge in [-0.05, 0) is 24.3 Å². The lowest BCUT2D eigenvalue weighted by atomic mass is 10.1. The molecule has 2 rings (SSSR count). The number of nitriles is 1. The molecule has 1 aromatic heterocycles. The van der Waals surface area contributed by atoms with E-state index < -0.39 is 10.0 Å². The van der Waals surface area contributed by atoms with Gasteiger partial charge in [-0.15, -0.1) is 10.2 Å². The predicted octanol–water partition coefficient (Wildman–Crippen LogP) is 1.39. The van der Waals surface area contributed by atoms with E-state index in [1.807, 2.05) is 6.07 Å². The molecule has 0 amide bonds. The van der Waals surface area contributed by atoms with Crippen molar-refractivity contribution in [3.05, 3.63) is 42.1 Å². The number of benzene rings is 1. The first-order chi connectivity index (χ1) is 8.98. The topological polar surface area (TPSA) is 95.7 Å². The zero-order valence-corrected chi connectivity index (χ0v) is 10.8. The quantitative estimate of drug-likeness (QED) is 0.912. The monoisotopic (exact) mass is 274 g/mol. The van der Waals surface area contributed by atoms with Gasteiger partial charge in [-0.25, -0.2) is 8.42 Å². The van der Waals surface area contributed by atoms with Crippen LogP contribution in [0, 0.1) is 11.3 Å². The van der Waals surface area contributed by atoms with E-state index >= 15 is 0 Å². The van der Waals surface area contributed by atoms with Gasteiger partial charge in [-0.3, -0.25) is 4.72 Å². The van der Waals surface area contributed by atoms with Crippen LogP contribution in [-0.4, -0.2) is 24.9 Å². The first kappa shape index (κ1) is 13.0. The largest absolute Gasteiger partial charge is 0.284 e. The van der Waals surface area contributed by atoms with E-state index in [-0.39, 0.29) is 5.69 Å². The van der Waals surface area contributed by atoms with Crippen LogP contribution in [0.1, 0.15) is 5.69 Å². The van der Waals surface area contributed by atoms with Crippen molar-refractivity contribution >= 4 is 15.7 Å². The molecule has 2 aromatic rings. The molecular formula is C12H10N4O2S. The van der Waals surface area contributed by atoms with E-state index in [0.29, 0.717) is 11.4 Å². The number of nitrogens with zero attached hydrogens (tertiary/aromatic N) is 3. The Hall–Kier alpha value is -2.46. The Morgan fingerprint density at radius 2 is 1.79 bits per heavy atom. The van der Waals surface area contributed by atoms with Gasteiger partial charge in [0.05, 0.1) is 11.9 Å². The molecule has 7 heteroatoms. The molecule has 0 bridgehead atoms. The van der Waals surface area contributed by atoms with Gasteiger partial charge in [0.25, 0.3) is 0 Å². The minimum Gasteiger partial charge on any atom is -0.284 e. The van der Waals surface area contributed by atoms with Crippen LogP contribution >= 0.6 is 0 Å². The van der Waals surface area contributed by atoms with E-state index in [4.69, 9.17) is 5.26 Å². The van der Waals surface area contributed by atoms with Gasteiger partial charge in [-0.1, -0.05) is 12.1 Å². The second-order valence-electron chi connectivity index (χ2n) is 3.87. The number of rotatable bonds is 3. The molecule has 1 aromatic carbocycles. The average molecular weight is 274 g/mol. The number of anilines is 1. The molecule has 0 atom stereocenters. The van der Waals surface area contributed by atoms with E-state index in [0.717, 1.165) is 11.8 Å². The number of sulfonamides is 1. The van der Waals surface area contributed by atoms with Crippen LogP contribution in [0.25, 0.3) is 11.3 Å². The molecule has 0 radical (unpaired) electrons. The third kappa shape index (κ3) is 3.50. The fraction of sp³-hybridized carbons (Fsp3) is 0.0833. The Morgan fingerprint density at radius 3 is 2.26 bits per heavy atom. The molecule has 0 aliphatic carbocycles. The molecule has 1 heterocycles. The molecule has 6 nitrogen and oxygen atoms in total. The fourth-order valence-corrected chi connectivity index (χ4v) is 2.03. The van der Waals surface area contributed by atoms with Gasteiger partial charge >= 0.3 is 0 Å². The summed E-state index contributed by atoms with van der Waals surface area (Å²) in [6.07, 6.45) is 1.09. The summed E-state index contributed by atoms with van der Waals surface area (Å²) in [5.74, 6) is 0. The molecule has 0 saturated carbocycles. The SMILES string of the molecule is CS(=O)(=O)Nc1ccc(-c2ccc(C#N)nn2)cc1. The van der Waals surface area contributed by atoms with Crippen LogP contribution in [0.15, 0.2) is 36.4 Å². The van der Waals surface area contributed by atoms with Crippen LogP contribution in [0.4, 0.5) is 5.69 Å². The van der Waals surface area contributed by atoms with Crippen LogP contribution in [0.5, 0.6) is 0 Å². The second-order valence-corrected chi connectivity index (χ2v) is 5.62. The van der Waals surface area contributed by atoms with Crippen molar-refractivity contribution < 1.29 is 8.42 Å². The number of aromatic nitrogens is 2. The molecular weight excluding hydrogens is 264 g/mol. The minimum atomic E-state index is -3.28. The van der Waals surface area contributed by atoms with Crippen LogP contribution in [0.2, 0.25) is 0 Å². The molecule has 96 valence electrons. The standard InChI is InChI=1S/C12H10N4O2S/c1-19(17,18)16-10-4-2-9(3-5-10)12-7-6-11(8-13)14-15-12/h2-7,16H,1H3. The van der Waals surface area contributed by atoms with E-state index in [1.54, 1.807) is 36.4 Å². The highest BCUT2D eigenvalue weighted by atomic mass is 32.2. The summed E-state index contributed by atoms with van der Waals surface area (Å²) in [7, 11) is -3.28. The molecule has 0 aliphatic heterocycles. The van der Waals surface area contributed by atoms with Crippen molar-refractivity contribution in [1.82, 2.24) is 10.2 Å². The van der Waals surface area contributed by atoms with Gasteiger partial charge in [0.1, 0.15) is 6.07 Å². The molecule has 1 N–H and O–H groups in total. The van der Waals surface area contributed by atoms with Gasteiger partial charge in [-0.2, -0.15) is 5.26 Å². The van der Waals surface area contributed by atoms with Gasteiger partial charge in [0.15, 0.2) is 5.69 Å². The Bertz CT molecular complexity index is 716. The lowest BCUT2D eigenvalue weighted by Crippen LogP contribution is -2.09. The number of hydrogen-bond donors (Lipinski definition) is 1. The molecule has 0 saturated heterocycles. The maximum absolute atomic E-state index is 11.1. The van der Waals surface area contributed by atoms with Crippen LogP contribution in [-0.2, 0) is 10.0 Å². The number of nitrogens with one attached hydrogen (secondary N) is 1. The van der Waals surface area contributed by atoms with Crippen molar-refractivity contribution in [2.24, 2.45) is 0 Å². The molecule has 0 spiro atoms. The maximum Gasteiger partial charge on any atom is 0.229 e. The molecule has 0 aliphatic rings. The first-order valence-electron chi connectivity index (χ1n) is 5.30. The maximum atomic E-state index is 11.1. The van der Waals surface area contributed by atoms with Gasteiger partial charge in [0, 0.05) is 11.3 Å². The second kappa shape index (κ2) is 5.04. The Kier molecular flexibility index (Phi) is 3.44. The number of hydrogen-bond acceptors (Lipinski definition) is 5. The zero-order chi connectivity index (χ0) is 13.9. The third-order valence-corrected chi connectivity index (χ3v) is 2.87. The normalized spacial score (nSPS) is 10.7. The van der Waals surface area contributed by atoms with E-state index in [2.05, 4.69) is 14.9 Å². The summed E-state index contributed by atoms with van der Waals surface area (Å²) in [4.78, 5) is 0. The van der Waals surface area contributed by atoms with Crippen molar-refractivity contribution in [2.75, 3.05) is 11.0 Å². The Labute approximate surface area is 110 Å². The molecule has 0 fully saturated rings. The predicted molar refractivity (Wildman–Crippen MR) is 70.6 cm³/mol. The summed E-state index contributed by atoms with van der Waals surface area (Å²) < 4.78 is 24.5. The lowest BCUT2D eigenvalue weighted by Gasteiger charge is -2.05. The fourth-order valence-electron chi connectivity index (χ4n) is 1.47. The highest BCUT2D eigenvalue weighted by Crippen LogP contribution is 2.19. The van der Waals surface area contributed by atoms with Crippen molar-refractivity contribution in [2.45, 2.75) is 0 Å².